The van der Waals surface area contributed by atoms with Gasteiger partial charge in [0.2, 0.25) is 5.65 Å². The molecule has 1 aliphatic rings. The second-order valence-corrected chi connectivity index (χ2v) is 6.55. The summed E-state index contributed by atoms with van der Waals surface area (Å²) in [5, 5.41) is 7.82. The first-order valence-electron chi connectivity index (χ1n) is 7.34. The Bertz CT molecular complexity index is 871. The number of carbonyl (C=O) groups excluding carboxylic acids is 1. The Kier molecular flexibility index (Phi) is 3.37. The predicted octanol–water partition coefficient (Wildman–Crippen LogP) is 2.67. The Morgan fingerprint density at radius 1 is 1.22 bits per heavy atom. The third-order valence-electron chi connectivity index (χ3n) is 4.34. The molecule has 4 rings (SSSR count). The molecule has 6 nitrogen and oxygen atoms in total. The van der Waals surface area contributed by atoms with Crippen LogP contribution in [-0.2, 0) is 10.2 Å². The molecular weight excluding hydrogens is 360 g/mol. The average Bonchev–Trinajstić information content (AvgIpc) is 2.91. The molecule has 116 valence electrons. The minimum absolute atomic E-state index is 0.316. The third kappa shape index (κ3) is 2.31. The Morgan fingerprint density at radius 2 is 2.00 bits per heavy atom. The first-order valence-corrected chi connectivity index (χ1v) is 8.14. The van der Waals surface area contributed by atoms with Crippen LogP contribution in [0.25, 0.3) is 11.2 Å². The number of aromatic nitrogens is 4. The van der Waals surface area contributed by atoms with Crippen LogP contribution in [0.1, 0.15) is 24.8 Å². The molecule has 23 heavy (non-hydrogen) atoms. The van der Waals surface area contributed by atoms with Crippen LogP contribution in [0.5, 0.6) is 0 Å². The topological polar surface area (TPSA) is 69.9 Å². The highest BCUT2D eigenvalue weighted by molar-refractivity contribution is 9.10. The van der Waals surface area contributed by atoms with E-state index in [4.69, 9.17) is 4.84 Å². The molecule has 1 aliphatic carbocycles. The molecule has 2 aromatic heterocycles. The van der Waals surface area contributed by atoms with Gasteiger partial charge in [-0.15, -0.1) is 5.10 Å². The van der Waals surface area contributed by atoms with Gasteiger partial charge < -0.3 is 4.84 Å². The standard InChI is InChI=1S/C16H13BrN4O2/c17-12-6-4-11(5-7-12)16(8-2-9-16)15(22)23-21-14-13(19-20-21)3-1-10-18-14/h1,3-7,10H,2,8-9H2. The van der Waals surface area contributed by atoms with E-state index >= 15 is 0 Å². The fourth-order valence-corrected chi connectivity index (χ4v) is 3.15. The number of rotatable bonds is 3. The molecule has 2 heterocycles. The zero-order chi connectivity index (χ0) is 15.9. The maximum atomic E-state index is 12.8. The fourth-order valence-electron chi connectivity index (χ4n) is 2.88. The summed E-state index contributed by atoms with van der Waals surface area (Å²) in [5.74, 6) is -0.316. The lowest BCUT2D eigenvalue weighted by atomic mass is 9.64. The van der Waals surface area contributed by atoms with Crippen molar-refractivity contribution in [2.45, 2.75) is 24.7 Å². The molecule has 0 saturated heterocycles. The van der Waals surface area contributed by atoms with Crippen molar-refractivity contribution in [3.63, 3.8) is 0 Å². The van der Waals surface area contributed by atoms with E-state index in [0.29, 0.717) is 11.2 Å². The number of fused-ring (bicyclic) bond motifs is 1. The molecule has 1 aromatic carbocycles. The van der Waals surface area contributed by atoms with Crippen molar-refractivity contribution in [1.82, 2.24) is 20.1 Å². The summed E-state index contributed by atoms with van der Waals surface area (Å²) in [6, 6.07) is 11.3. The molecule has 1 saturated carbocycles. The van der Waals surface area contributed by atoms with Gasteiger partial charge >= 0.3 is 5.97 Å². The monoisotopic (exact) mass is 372 g/mol. The van der Waals surface area contributed by atoms with Gasteiger partial charge in [0.05, 0.1) is 5.41 Å². The van der Waals surface area contributed by atoms with E-state index in [-0.39, 0.29) is 5.97 Å². The van der Waals surface area contributed by atoms with E-state index < -0.39 is 5.41 Å². The normalized spacial score (nSPS) is 16.0. The summed E-state index contributed by atoms with van der Waals surface area (Å²) in [6.07, 6.45) is 4.16. The van der Waals surface area contributed by atoms with E-state index in [0.717, 1.165) is 34.1 Å². The quantitative estimate of drug-likeness (QED) is 0.661. The summed E-state index contributed by atoms with van der Waals surface area (Å²) in [5.41, 5.74) is 1.39. The van der Waals surface area contributed by atoms with Crippen molar-refractivity contribution in [1.29, 1.82) is 0 Å². The van der Waals surface area contributed by atoms with Crippen molar-refractivity contribution in [3.8, 4) is 0 Å². The highest BCUT2D eigenvalue weighted by Gasteiger charge is 2.48. The van der Waals surface area contributed by atoms with Crippen LogP contribution in [0.15, 0.2) is 47.1 Å². The number of halogens is 1. The molecule has 7 heteroatoms. The lowest BCUT2D eigenvalue weighted by molar-refractivity contribution is -0.156. The SMILES string of the molecule is O=C(On1nnc2cccnc21)C1(c2ccc(Br)cc2)CCC1. The smallest absolute Gasteiger partial charge is 0.315 e. The average molecular weight is 373 g/mol. The molecule has 0 aliphatic heterocycles. The Hall–Kier alpha value is -2.28. The van der Waals surface area contributed by atoms with Crippen LogP contribution in [0, 0.1) is 0 Å². The number of hydrogen-bond acceptors (Lipinski definition) is 5. The zero-order valence-corrected chi connectivity index (χ0v) is 13.7. The van der Waals surface area contributed by atoms with Crippen LogP contribution < -0.4 is 4.84 Å². The van der Waals surface area contributed by atoms with Crippen LogP contribution in [0.4, 0.5) is 0 Å². The van der Waals surface area contributed by atoms with E-state index in [1.807, 2.05) is 24.3 Å². The third-order valence-corrected chi connectivity index (χ3v) is 4.87. The molecule has 0 amide bonds. The van der Waals surface area contributed by atoms with Gasteiger partial charge in [0.25, 0.3) is 0 Å². The van der Waals surface area contributed by atoms with E-state index in [9.17, 15) is 4.79 Å². The molecule has 0 bridgehead atoms. The molecular formula is C16H13BrN4O2. The maximum Gasteiger partial charge on any atom is 0.345 e. The summed E-state index contributed by atoms with van der Waals surface area (Å²) >= 11 is 3.42. The lowest BCUT2D eigenvalue weighted by Gasteiger charge is -2.39. The zero-order valence-electron chi connectivity index (χ0n) is 12.1. The molecule has 0 radical (unpaired) electrons. The number of pyridine rings is 1. The van der Waals surface area contributed by atoms with Crippen molar-refractivity contribution < 1.29 is 9.63 Å². The summed E-state index contributed by atoms with van der Waals surface area (Å²) in [7, 11) is 0. The van der Waals surface area contributed by atoms with Crippen LogP contribution in [0.3, 0.4) is 0 Å². The van der Waals surface area contributed by atoms with Gasteiger partial charge in [-0.25, -0.2) is 9.78 Å². The fraction of sp³-hybridized carbons (Fsp3) is 0.250. The minimum Gasteiger partial charge on any atom is -0.315 e. The van der Waals surface area contributed by atoms with Gasteiger partial charge in [0.1, 0.15) is 5.52 Å². The molecule has 3 aromatic rings. The van der Waals surface area contributed by atoms with Crippen molar-refractivity contribution >= 4 is 33.1 Å². The second-order valence-electron chi connectivity index (χ2n) is 5.63. The van der Waals surface area contributed by atoms with E-state index in [1.165, 1.54) is 0 Å². The minimum atomic E-state index is -0.603. The second kappa shape index (κ2) is 5.42. The Balaban J connectivity index is 1.66. The van der Waals surface area contributed by atoms with Crippen molar-refractivity contribution in [2.75, 3.05) is 0 Å². The van der Waals surface area contributed by atoms with Crippen LogP contribution in [-0.4, -0.2) is 26.1 Å². The highest BCUT2D eigenvalue weighted by atomic mass is 79.9. The van der Waals surface area contributed by atoms with Gasteiger partial charge in [-0.2, -0.15) is 0 Å². The predicted molar refractivity (Wildman–Crippen MR) is 86.6 cm³/mol. The summed E-state index contributed by atoms with van der Waals surface area (Å²) in [6.45, 7) is 0. The number of hydrogen-bond donors (Lipinski definition) is 0. The Morgan fingerprint density at radius 3 is 2.70 bits per heavy atom. The van der Waals surface area contributed by atoms with E-state index in [1.54, 1.807) is 18.3 Å². The van der Waals surface area contributed by atoms with Crippen LogP contribution in [0.2, 0.25) is 0 Å². The van der Waals surface area contributed by atoms with Crippen molar-refractivity contribution in [2.24, 2.45) is 0 Å². The molecule has 0 N–H and O–H groups in total. The molecule has 0 atom stereocenters. The molecule has 0 spiro atoms. The largest absolute Gasteiger partial charge is 0.345 e. The van der Waals surface area contributed by atoms with Gasteiger partial charge in [-0.05, 0) is 52.7 Å². The first-order chi connectivity index (χ1) is 11.2. The first kappa shape index (κ1) is 14.3. The number of benzene rings is 1. The highest BCUT2D eigenvalue weighted by Crippen LogP contribution is 2.44. The van der Waals surface area contributed by atoms with Gasteiger partial charge in [0, 0.05) is 10.7 Å². The van der Waals surface area contributed by atoms with E-state index in [2.05, 4.69) is 31.2 Å². The Labute approximate surface area is 140 Å². The van der Waals surface area contributed by atoms with Crippen molar-refractivity contribution in [3.05, 3.63) is 52.6 Å². The van der Waals surface area contributed by atoms with Gasteiger partial charge in [0.15, 0.2) is 0 Å². The maximum absolute atomic E-state index is 12.8. The lowest BCUT2D eigenvalue weighted by Crippen LogP contribution is -2.47. The van der Waals surface area contributed by atoms with Gasteiger partial charge in [-0.1, -0.05) is 34.5 Å². The molecule has 1 fully saturated rings. The van der Waals surface area contributed by atoms with Crippen LogP contribution >= 0.6 is 15.9 Å². The number of carbonyl (C=O) groups is 1. The summed E-state index contributed by atoms with van der Waals surface area (Å²) in [4.78, 5) is 23.5. The van der Waals surface area contributed by atoms with Gasteiger partial charge in [-0.3, -0.25) is 0 Å². The molecule has 0 unspecified atom stereocenters. The number of nitrogens with zero attached hydrogens (tertiary/aromatic N) is 4. The summed E-state index contributed by atoms with van der Waals surface area (Å²) < 4.78 is 0.982.